The van der Waals surface area contributed by atoms with E-state index in [1.54, 1.807) is 0 Å². The zero-order chi connectivity index (χ0) is 18.5. The van der Waals surface area contributed by atoms with Gasteiger partial charge in [0.2, 0.25) is 0 Å². The maximum absolute atomic E-state index is 5.86. The van der Waals surface area contributed by atoms with Gasteiger partial charge in [-0.3, -0.25) is 0 Å². The SMILES string of the molecule is Cc1ccc(Nc2cc(Nc3ccccc3OC(C)C)nc(C)n2)cc1. The molecule has 0 saturated carbocycles. The number of ether oxygens (including phenoxy) is 1. The smallest absolute Gasteiger partial charge is 0.143 e. The molecule has 134 valence electrons. The summed E-state index contributed by atoms with van der Waals surface area (Å²) >= 11 is 0. The molecule has 5 heteroatoms. The molecule has 0 bridgehead atoms. The van der Waals surface area contributed by atoms with Crippen molar-refractivity contribution in [1.82, 2.24) is 9.97 Å². The van der Waals surface area contributed by atoms with Gasteiger partial charge in [0.1, 0.15) is 23.2 Å². The van der Waals surface area contributed by atoms with Crippen molar-refractivity contribution < 1.29 is 4.74 Å². The second-order valence-corrected chi connectivity index (χ2v) is 6.46. The number of aromatic nitrogens is 2. The second kappa shape index (κ2) is 7.87. The van der Waals surface area contributed by atoms with Crippen LogP contribution < -0.4 is 15.4 Å². The number of benzene rings is 2. The van der Waals surface area contributed by atoms with Crippen molar-refractivity contribution in [3.05, 3.63) is 66.0 Å². The van der Waals surface area contributed by atoms with Gasteiger partial charge in [0, 0.05) is 11.8 Å². The summed E-state index contributed by atoms with van der Waals surface area (Å²) < 4.78 is 5.86. The van der Waals surface area contributed by atoms with E-state index in [9.17, 15) is 0 Å². The number of hydrogen-bond acceptors (Lipinski definition) is 5. The Morgan fingerprint density at radius 2 is 1.50 bits per heavy atom. The van der Waals surface area contributed by atoms with Crippen LogP contribution in [0.1, 0.15) is 25.2 Å². The van der Waals surface area contributed by atoms with Crippen LogP contribution in [0.5, 0.6) is 5.75 Å². The molecule has 3 aromatic rings. The van der Waals surface area contributed by atoms with Gasteiger partial charge in [0.05, 0.1) is 11.8 Å². The van der Waals surface area contributed by atoms with Gasteiger partial charge < -0.3 is 15.4 Å². The first-order chi connectivity index (χ1) is 12.5. The predicted molar refractivity (Wildman–Crippen MR) is 107 cm³/mol. The average molecular weight is 348 g/mol. The quantitative estimate of drug-likeness (QED) is 0.627. The number of aryl methyl sites for hydroxylation is 2. The fourth-order valence-corrected chi connectivity index (χ4v) is 2.55. The molecule has 2 N–H and O–H groups in total. The molecule has 5 nitrogen and oxygen atoms in total. The van der Waals surface area contributed by atoms with Gasteiger partial charge >= 0.3 is 0 Å². The number of nitrogens with one attached hydrogen (secondary N) is 2. The highest BCUT2D eigenvalue weighted by atomic mass is 16.5. The number of para-hydroxylation sites is 2. The van der Waals surface area contributed by atoms with Gasteiger partial charge in [-0.05, 0) is 52.0 Å². The van der Waals surface area contributed by atoms with E-state index in [0.717, 1.165) is 22.9 Å². The standard InChI is InChI=1S/C21H24N4O/c1-14(2)26-19-8-6-5-7-18(19)25-21-13-20(22-16(4)23-21)24-17-11-9-15(3)10-12-17/h5-14H,1-4H3,(H2,22,23,24,25). The van der Waals surface area contributed by atoms with Crippen LogP contribution >= 0.6 is 0 Å². The maximum Gasteiger partial charge on any atom is 0.143 e. The molecule has 0 saturated heterocycles. The topological polar surface area (TPSA) is 59.1 Å². The lowest BCUT2D eigenvalue weighted by Crippen LogP contribution is -2.08. The summed E-state index contributed by atoms with van der Waals surface area (Å²) in [7, 11) is 0. The molecular formula is C21H24N4O. The Kier molecular flexibility index (Phi) is 5.37. The number of rotatable bonds is 6. The Morgan fingerprint density at radius 3 is 2.19 bits per heavy atom. The molecule has 1 heterocycles. The highest BCUT2D eigenvalue weighted by molar-refractivity contribution is 5.67. The van der Waals surface area contributed by atoms with E-state index in [1.807, 2.05) is 63.2 Å². The summed E-state index contributed by atoms with van der Waals surface area (Å²) in [4.78, 5) is 8.96. The minimum atomic E-state index is 0.101. The van der Waals surface area contributed by atoms with Gasteiger partial charge in [0.25, 0.3) is 0 Å². The van der Waals surface area contributed by atoms with Crippen LogP contribution in [0.15, 0.2) is 54.6 Å². The van der Waals surface area contributed by atoms with Crippen LogP contribution in [-0.4, -0.2) is 16.1 Å². The molecule has 0 atom stereocenters. The van der Waals surface area contributed by atoms with Crippen LogP contribution in [0.2, 0.25) is 0 Å². The lowest BCUT2D eigenvalue weighted by Gasteiger charge is -2.16. The van der Waals surface area contributed by atoms with Gasteiger partial charge in [-0.1, -0.05) is 29.8 Å². The highest BCUT2D eigenvalue weighted by Crippen LogP contribution is 2.28. The van der Waals surface area contributed by atoms with E-state index < -0.39 is 0 Å². The average Bonchev–Trinajstić information content (AvgIpc) is 2.58. The van der Waals surface area contributed by atoms with E-state index >= 15 is 0 Å². The molecular weight excluding hydrogens is 324 g/mol. The molecule has 0 fully saturated rings. The first-order valence-corrected chi connectivity index (χ1v) is 8.72. The summed E-state index contributed by atoms with van der Waals surface area (Å²) in [5.74, 6) is 2.94. The molecule has 26 heavy (non-hydrogen) atoms. The highest BCUT2D eigenvalue weighted by Gasteiger charge is 2.08. The summed E-state index contributed by atoms with van der Waals surface area (Å²) in [6, 6.07) is 17.9. The summed E-state index contributed by atoms with van der Waals surface area (Å²) in [6.07, 6.45) is 0.101. The van der Waals surface area contributed by atoms with Crippen molar-refractivity contribution in [1.29, 1.82) is 0 Å². The van der Waals surface area contributed by atoms with Gasteiger partial charge in [-0.2, -0.15) is 0 Å². The molecule has 0 aliphatic carbocycles. The van der Waals surface area contributed by atoms with Gasteiger partial charge in [-0.15, -0.1) is 0 Å². The van der Waals surface area contributed by atoms with Crippen LogP contribution in [0.25, 0.3) is 0 Å². The van der Waals surface area contributed by atoms with Crippen LogP contribution in [0.4, 0.5) is 23.0 Å². The fourth-order valence-electron chi connectivity index (χ4n) is 2.55. The molecule has 0 unspecified atom stereocenters. The molecule has 2 aromatic carbocycles. The number of hydrogen-bond donors (Lipinski definition) is 2. The summed E-state index contributed by atoms with van der Waals surface area (Å²) in [6.45, 7) is 7.96. The normalized spacial score (nSPS) is 10.7. The lowest BCUT2D eigenvalue weighted by molar-refractivity contribution is 0.244. The Morgan fingerprint density at radius 1 is 0.846 bits per heavy atom. The Hall–Kier alpha value is -3.08. The Bertz CT molecular complexity index is 875. The van der Waals surface area contributed by atoms with Gasteiger partial charge in [0.15, 0.2) is 0 Å². The van der Waals surface area contributed by atoms with Crippen LogP contribution in [-0.2, 0) is 0 Å². The minimum Gasteiger partial charge on any atom is -0.489 e. The monoisotopic (exact) mass is 348 g/mol. The predicted octanol–water partition coefficient (Wildman–Crippen LogP) is 5.37. The van der Waals surface area contributed by atoms with Crippen molar-refractivity contribution in [3.63, 3.8) is 0 Å². The Labute approximate surface area is 154 Å². The summed E-state index contributed by atoms with van der Waals surface area (Å²) in [5, 5.41) is 6.66. The van der Waals surface area contributed by atoms with Crippen molar-refractivity contribution in [3.8, 4) is 5.75 Å². The van der Waals surface area contributed by atoms with E-state index in [2.05, 4.69) is 39.7 Å². The van der Waals surface area contributed by atoms with Crippen molar-refractivity contribution in [2.24, 2.45) is 0 Å². The van der Waals surface area contributed by atoms with Crippen LogP contribution in [0, 0.1) is 13.8 Å². The molecule has 1 aromatic heterocycles. The number of anilines is 4. The Balaban J connectivity index is 1.83. The maximum atomic E-state index is 5.86. The molecule has 0 spiro atoms. The fraction of sp³-hybridized carbons (Fsp3) is 0.238. The first kappa shape index (κ1) is 17.7. The molecule has 0 radical (unpaired) electrons. The first-order valence-electron chi connectivity index (χ1n) is 8.72. The molecule has 0 aliphatic rings. The third-order valence-corrected chi connectivity index (χ3v) is 3.67. The van der Waals surface area contributed by atoms with E-state index in [-0.39, 0.29) is 6.10 Å². The lowest BCUT2D eigenvalue weighted by atomic mass is 10.2. The van der Waals surface area contributed by atoms with E-state index in [0.29, 0.717) is 11.6 Å². The molecule has 3 rings (SSSR count). The van der Waals surface area contributed by atoms with E-state index in [4.69, 9.17) is 4.74 Å². The van der Waals surface area contributed by atoms with Crippen LogP contribution in [0.3, 0.4) is 0 Å². The number of nitrogens with zero attached hydrogens (tertiary/aromatic N) is 2. The van der Waals surface area contributed by atoms with Gasteiger partial charge in [-0.25, -0.2) is 9.97 Å². The minimum absolute atomic E-state index is 0.101. The third-order valence-electron chi connectivity index (χ3n) is 3.67. The summed E-state index contributed by atoms with van der Waals surface area (Å²) in [5.41, 5.74) is 3.09. The molecule has 0 amide bonds. The van der Waals surface area contributed by atoms with Crippen molar-refractivity contribution in [2.45, 2.75) is 33.8 Å². The van der Waals surface area contributed by atoms with Crippen molar-refractivity contribution in [2.75, 3.05) is 10.6 Å². The van der Waals surface area contributed by atoms with E-state index in [1.165, 1.54) is 5.56 Å². The zero-order valence-corrected chi connectivity index (χ0v) is 15.6. The van der Waals surface area contributed by atoms with Crippen molar-refractivity contribution >= 4 is 23.0 Å². The molecule has 0 aliphatic heterocycles. The second-order valence-electron chi connectivity index (χ2n) is 6.46. The largest absolute Gasteiger partial charge is 0.489 e. The zero-order valence-electron chi connectivity index (χ0n) is 15.6. The third kappa shape index (κ3) is 4.72.